The average molecular weight is 222 g/mol. The lowest BCUT2D eigenvalue weighted by Gasteiger charge is -2.29. The molecule has 5 nitrogen and oxygen atoms in total. The Morgan fingerprint density at radius 2 is 2.12 bits per heavy atom. The van der Waals surface area contributed by atoms with Crippen LogP contribution in [0.15, 0.2) is 18.5 Å². The molecule has 0 aliphatic carbocycles. The predicted molar refractivity (Wildman–Crippen MR) is 57.0 cm³/mol. The summed E-state index contributed by atoms with van der Waals surface area (Å²) in [6.07, 6.45) is 3.61. The SMILES string of the molecule is O=C(c1ccncc1O)N1CCC(O)CC1. The van der Waals surface area contributed by atoms with Gasteiger partial charge in [-0.05, 0) is 18.9 Å². The van der Waals surface area contributed by atoms with E-state index in [-0.39, 0.29) is 23.3 Å². The molecule has 0 unspecified atom stereocenters. The molecule has 0 radical (unpaired) electrons. The number of pyridine rings is 1. The topological polar surface area (TPSA) is 73.7 Å². The van der Waals surface area contributed by atoms with Gasteiger partial charge in [-0.1, -0.05) is 0 Å². The van der Waals surface area contributed by atoms with E-state index in [1.165, 1.54) is 18.5 Å². The van der Waals surface area contributed by atoms with Crippen molar-refractivity contribution in [3.63, 3.8) is 0 Å². The van der Waals surface area contributed by atoms with E-state index < -0.39 is 0 Å². The van der Waals surface area contributed by atoms with Crippen LogP contribution in [-0.2, 0) is 0 Å². The van der Waals surface area contributed by atoms with Crippen LogP contribution in [0, 0.1) is 0 Å². The summed E-state index contributed by atoms with van der Waals surface area (Å²) in [5.41, 5.74) is 0.270. The first kappa shape index (κ1) is 10.9. The Labute approximate surface area is 93.3 Å². The normalized spacial score (nSPS) is 17.4. The van der Waals surface area contributed by atoms with Crippen molar-refractivity contribution >= 4 is 5.91 Å². The quantitative estimate of drug-likeness (QED) is 0.720. The summed E-state index contributed by atoms with van der Waals surface area (Å²) in [6, 6.07) is 1.50. The molecule has 1 aromatic heterocycles. The first-order valence-corrected chi connectivity index (χ1v) is 5.29. The average Bonchev–Trinajstić information content (AvgIpc) is 2.30. The largest absolute Gasteiger partial charge is 0.505 e. The summed E-state index contributed by atoms with van der Waals surface area (Å²) in [5, 5.41) is 18.8. The lowest BCUT2D eigenvalue weighted by Crippen LogP contribution is -2.40. The van der Waals surface area contributed by atoms with Crippen molar-refractivity contribution in [2.24, 2.45) is 0 Å². The van der Waals surface area contributed by atoms with Gasteiger partial charge in [-0.15, -0.1) is 0 Å². The highest BCUT2D eigenvalue weighted by molar-refractivity contribution is 5.96. The van der Waals surface area contributed by atoms with Crippen LogP contribution in [0.5, 0.6) is 5.75 Å². The highest BCUT2D eigenvalue weighted by Crippen LogP contribution is 2.19. The van der Waals surface area contributed by atoms with Crippen LogP contribution < -0.4 is 0 Å². The van der Waals surface area contributed by atoms with E-state index in [0.29, 0.717) is 25.9 Å². The van der Waals surface area contributed by atoms with Crippen molar-refractivity contribution in [2.45, 2.75) is 18.9 Å². The molecule has 1 aromatic rings. The molecular formula is C11H14N2O3. The number of aliphatic hydroxyl groups excluding tert-OH is 1. The van der Waals surface area contributed by atoms with Crippen molar-refractivity contribution < 1.29 is 15.0 Å². The fraction of sp³-hybridized carbons (Fsp3) is 0.455. The number of hydrogen-bond donors (Lipinski definition) is 2. The highest BCUT2D eigenvalue weighted by atomic mass is 16.3. The van der Waals surface area contributed by atoms with E-state index in [9.17, 15) is 15.0 Å². The van der Waals surface area contributed by atoms with Gasteiger partial charge in [-0.3, -0.25) is 9.78 Å². The van der Waals surface area contributed by atoms with Crippen molar-refractivity contribution in [2.75, 3.05) is 13.1 Å². The molecule has 1 saturated heterocycles. The first-order valence-electron chi connectivity index (χ1n) is 5.29. The smallest absolute Gasteiger partial charge is 0.257 e. The number of nitrogens with zero attached hydrogens (tertiary/aromatic N) is 2. The number of amides is 1. The second-order valence-corrected chi connectivity index (χ2v) is 3.92. The Balaban J connectivity index is 2.11. The van der Waals surface area contributed by atoms with Crippen molar-refractivity contribution in [3.8, 4) is 5.75 Å². The van der Waals surface area contributed by atoms with Crippen LogP contribution in [-0.4, -0.2) is 45.2 Å². The van der Waals surface area contributed by atoms with Gasteiger partial charge in [0, 0.05) is 19.3 Å². The zero-order valence-electron chi connectivity index (χ0n) is 8.83. The zero-order chi connectivity index (χ0) is 11.5. The molecule has 2 N–H and O–H groups in total. The zero-order valence-corrected chi connectivity index (χ0v) is 8.83. The van der Waals surface area contributed by atoms with Crippen LogP contribution in [0.4, 0.5) is 0 Å². The molecule has 0 atom stereocenters. The molecule has 2 rings (SSSR count). The van der Waals surface area contributed by atoms with E-state index in [1.807, 2.05) is 0 Å². The minimum Gasteiger partial charge on any atom is -0.505 e. The number of aliphatic hydroxyl groups is 1. The second kappa shape index (κ2) is 4.49. The summed E-state index contributed by atoms with van der Waals surface area (Å²) in [5.74, 6) is -0.301. The van der Waals surface area contributed by atoms with Crippen LogP contribution in [0.1, 0.15) is 23.2 Å². The molecule has 1 amide bonds. The van der Waals surface area contributed by atoms with Crippen LogP contribution in [0.2, 0.25) is 0 Å². The summed E-state index contributed by atoms with van der Waals surface area (Å²) < 4.78 is 0. The Bertz CT molecular complexity index is 387. The highest BCUT2D eigenvalue weighted by Gasteiger charge is 2.23. The number of rotatable bonds is 1. The number of hydrogen-bond acceptors (Lipinski definition) is 4. The minimum atomic E-state index is -0.310. The second-order valence-electron chi connectivity index (χ2n) is 3.92. The Morgan fingerprint density at radius 3 is 2.75 bits per heavy atom. The molecule has 0 saturated carbocycles. The van der Waals surface area contributed by atoms with Gasteiger partial charge in [-0.2, -0.15) is 0 Å². The lowest BCUT2D eigenvalue weighted by atomic mass is 10.1. The number of carbonyl (C=O) groups excluding carboxylic acids is 1. The standard InChI is InChI=1S/C11H14N2O3/c14-8-2-5-13(6-3-8)11(16)9-1-4-12-7-10(9)15/h1,4,7-8,14-15H,2-3,5-6H2. The van der Waals surface area contributed by atoms with Gasteiger partial charge in [0.15, 0.2) is 0 Å². The lowest BCUT2D eigenvalue weighted by molar-refractivity contribution is 0.0544. The number of piperidine rings is 1. The van der Waals surface area contributed by atoms with Gasteiger partial charge >= 0.3 is 0 Å². The number of aromatic hydroxyl groups is 1. The third-order valence-corrected chi connectivity index (χ3v) is 2.78. The van der Waals surface area contributed by atoms with Gasteiger partial charge in [0.1, 0.15) is 5.75 Å². The molecule has 2 heterocycles. The third kappa shape index (κ3) is 2.14. The summed E-state index contributed by atoms with van der Waals surface area (Å²) in [6.45, 7) is 1.06. The molecule has 5 heteroatoms. The Hall–Kier alpha value is -1.62. The summed E-state index contributed by atoms with van der Waals surface area (Å²) in [7, 11) is 0. The Morgan fingerprint density at radius 1 is 1.44 bits per heavy atom. The molecule has 1 aliphatic heterocycles. The molecule has 1 aliphatic rings. The van der Waals surface area contributed by atoms with Gasteiger partial charge in [0.25, 0.3) is 5.91 Å². The van der Waals surface area contributed by atoms with E-state index in [4.69, 9.17) is 0 Å². The molecular weight excluding hydrogens is 208 g/mol. The number of aromatic nitrogens is 1. The van der Waals surface area contributed by atoms with Crippen molar-refractivity contribution in [3.05, 3.63) is 24.0 Å². The monoisotopic (exact) mass is 222 g/mol. The molecule has 0 bridgehead atoms. The summed E-state index contributed by atoms with van der Waals surface area (Å²) in [4.78, 5) is 17.3. The van der Waals surface area contributed by atoms with Gasteiger partial charge < -0.3 is 15.1 Å². The number of likely N-dealkylation sites (tertiary alicyclic amines) is 1. The molecule has 0 aromatic carbocycles. The van der Waals surface area contributed by atoms with Crippen LogP contribution in [0.25, 0.3) is 0 Å². The van der Waals surface area contributed by atoms with E-state index in [2.05, 4.69) is 4.98 Å². The van der Waals surface area contributed by atoms with E-state index in [0.717, 1.165) is 0 Å². The van der Waals surface area contributed by atoms with Crippen LogP contribution >= 0.6 is 0 Å². The van der Waals surface area contributed by atoms with E-state index in [1.54, 1.807) is 4.90 Å². The van der Waals surface area contributed by atoms with E-state index >= 15 is 0 Å². The van der Waals surface area contributed by atoms with Crippen LogP contribution in [0.3, 0.4) is 0 Å². The summed E-state index contributed by atoms with van der Waals surface area (Å²) >= 11 is 0. The third-order valence-electron chi connectivity index (χ3n) is 2.78. The van der Waals surface area contributed by atoms with Crippen molar-refractivity contribution in [1.29, 1.82) is 0 Å². The van der Waals surface area contributed by atoms with Crippen molar-refractivity contribution in [1.82, 2.24) is 9.88 Å². The Kier molecular flexibility index (Phi) is 3.05. The maximum atomic E-state index is 12.0. The minimum absolute atomic E-state index is 0.0985. The van der Waals surface area contributed by atoms with Gasteiger partial charge in [0.2, 0.25) is 0 Å². The molecule has 0 spiro atoms. The fourth-order valence-corrected chi connectivity index (χ4v) is 1.81. The molecule has 1 fully saturated rings. The molecule has 86 valence electrons. The predicted octanol–water partition coefficient (Wildman–Crippen LogP) is 0.384. The number of carbonyl (C=O) groups is 1. The molecule has 16 heavy (non-hydrogen) atoms. The van der Waals surface area contributed by atoms with Gasteiger partial charge in [-0.25, -0.2) is 0 Å². The maximum Gasteiger partial charge on any atom is 0.257 e. The maximum absolute atomic E-state index is 12.0. The van der Waals surface area contributed by atoms with Gasteiger partial charge in [0.05, 0.1) is 17.9 Å². The first-order chi connectivity index (χ1) is 7.68. The fourth-order valence-electron chi connectivity index (χ4n) is 1.81.